The summed E-state index contributed by atoms with van der Waals surface area (Å²) in [5.74, 6) is -0.0681. The van der Waals surface area contributed by atoms with Crippen molar-refractivity contribution >= 4 is 17.3 Å². The van der Waals surface area contributed by atoms with Gasteiger partial charge in [0.05, 0.1) is 5.71 Å². The monoisotopic (exact) mass is 246 g/mol. The summed E-state index contributed by atoms with van der Waals surface area (Å²) < 4.78 is 0. The first kappa shape index (κ1) is 12.6. The summed E-state index contributed by atoms with van der Waals surface area (Å²) in [6.07, 6.45) is 3.76. The van der Waals surface area contributed by atoms with Gasteiger partial charge in [0.25, 0.3) is 0 Å². The molecule has 0 spiro atoms. The predicted molar refractivity (Wildman–Crippen MR) is 71.7 cm³/mol. The number of carbonyl (C=O) groups excluding carboxylic acids is 1. The molecule has 1 aliphatic carbocycles. The first-order valence-electron chi connectivity index (χ1n) is 6.23. The molecule has 4 heteroatoms. The molecule has 1 aliphatic rings. The van der Waals surface area contributed by atoms with Gasteiger partial charge in [0.1, 0.15) is 6.10 Å². The lowest BCUT2D eigenvalue weighted by Crippen LogP contribution is -2.19. The van der Waals surface area contributed by atoms with Crippen molar-refractivity contribution in [1.82, 2.24) is 0 Å². The first-order valence-corrected chi connectivity index (χ1v) is 6.23. The van der Waals surface area contributed by atoms with Crippen LogP contribution in [0.3, 0.4) is 0 Å². The van der Waals surface area contributed by atoms with Crippen LogP contribution < -0.4 is 5.32 Å². The average Bonchev–Trinajstić information content (AvgIpc) is 2.27. The predicted octanol–water partition coefficient (Wildman–Crippen LogP) is 2.94. The molecule has 0 saturated heterocycles. The Morgan fingerprint density at radius 3 is 2.44 bits per heavy atom. The molecular formula is C14H18N2O2. The topological polar surface area (TPSA) is 50.7 Å². The fourth-order valence-electron chi connectivity index (χ4n) is 1.68. The van der Waals surface area contributed by atoms with E-state index in [1.807, 2.05) is 31.2 Å². The van der Waals surface area contributed by atoms with Crippen molar-refractivity contribution in [2.75, 3.05) is 5.32 Å². The van der Waals surface area contributed by atoms with Crippen molar-refractivity contribution < 1.29 is 9.63 Å². The largest absolute Gasteiger partial charge is 0.392 e. The molecule has 0 radical (unpaired) electrons. The number of hydrogen-bond acceptors (Lipinski definition) is 3. The Labute approximate surface area is 107 Å². The number of rotatable bonds is 4. The molecule has 18 heavy (non-hydrogen) atoms. The van der Waals surface area contributed by atoms with Crippen molar-refractivity contribution in [2.45, 2.75) is 39.2 Å². The minimum absolute atomic E-state index is 0.0681. The van der Waals surface area contributed by atoms with E-state index >= 15 is 0 Å². The van der Waals surface area contributed by atoms with E-state index in [4.69, 9.17) is 4.84 Å². The van der Waals surface area contributed by atoms with Crippen LogP contribution in [0.1, 0.15) is 38.7 Å². The Bertz CT molecular complexity index is 447. The van der Waals surface area contributed by atoms with Crippen molar-refractivity contribution in [2.24, 2.45) is 5.16 Å². The molecule has 0 heterocycles. The zero-order valence-electron chi connectivity index (χ0n) is 10.8. The molecule has 1 N–H and O–H groups in total. The fraction of sp³-hybridized carbons (Fsp3) is 0.429. The third kappa shape index (κ3) is 3.32. The number of hydrogen-bond donors (Lipinski definition) is 1. The summed E-state index contributed by atoms with van der Waals surface area (Å²) in [6.45, 7) is 3.42. The van der Waals surface area contributed by atoms with E-state index in [-0.39, 0.29) is 5.91 Å². The molecule has 1 aromatic carbocycles. The van der Waals surface area contributed by atoms with Crippen molar-refractivity contribution in [3.8, 4) is 0 Å². The number of nitrogens with one attached hydrogen (secondary N) is 1. The van der Waals surface area contributed by atoms with Gasteiger partial charge in [-0.2, -0.15) is 0 Å². The highest BCUT2D eigenvalue weighted by Gasteiger charge is 2.18. The fourth-order valence-corrected chi connectivity index (χ4v) is 1.68. The van der Waals surface area contributed by atoms with Crippen LogP contribution in [0.2, 0.25) is 0 Å². The van der Waals surface area contributed by atoms with E-state index in [1.54, 1.807) is 0 Å². The second-order valence-electron chi connectivity index (χ2n) is 4.59. The molecule has 1 saturated carbocycles. The number of amides is 1. The summed E-state index contributed by atoms with van der Waals surface area (Å²) in [7, 11) is 0. The smallest absolute Gasteiger partial charge is 0.221 e. The van der Waals surface area contributed by atoms with Gasteiger partial charge in [0, 0.05) is 12.6 Å². The minimum Gasteiger partial charge on any atom is -0.392 e. The molecule has 4 nitrogen and oxygen atoms in total. The Morgan fingerprint density at radius 2 is 1.94 bits per heavy atom. The summed E-state index contributed by atoms with van der Waals surface area (Å²) >= 11 is 0. The van der Waals surface area contributed by atoms with Crippen LogP contribution in [0.5, 0.6) is 0 Å². The SMILES string of the molecule is CC(=O)Nc1ccc(/C(C)=N/OC2CCC2)cc1. The van der Waals surface area contributed by atoms with E-state index in [1.165, 1.54) is 13.3 Å². The Hall–Kier alpha value is -1.84. The zero-order chi connectivity index (χ0) is 13.0. The van der Waals surface area contributed by atoms with Crippen molar-refractivity contribution in [1.29, 1.82) is 0 Å². The van der Waals surface area contributed by atoms with E-state index in [0.717, 1.165) is 29.8 Å². The summed E-state index contributed by atoms with van der Waals surface area (Å²) in [5.41, 5.74) is 2.65. The Morgan fingerprint density at radius 1 is 1.28 bits per heavy atom. The van der Waals surface area contributed by atoms with Crippen LogP contribution in [-0.4, -0.2) is 17.7 Å². The first-order chi connectivity index (χ1) is 8.65. The third-order valence-corrected chi connectivity index (χ3v) is 3.01. The second kappa shape index (κ2) is 5.67. The zero-order valence-corrected chi connectivity index (χ0v) is 10.8. The number of anilines is 1. The molecule has 1 fully saturated rings. The molecule has 0 aromatic heterocycles. The lowest BCUT2D eigenvalue weighted by molar-refractivity contribution is -0.114. The summed E-state index contributed by atoms with van der Waals surface area (Å²) in [4.78, 5) is 16.3. The Balaban J connectivity index is 1.96. The van der Waals surface area contributed by atoms with E-state index in [2.05, 4.69) is 10.5 Å². The minimum atomic E-state index is -0.0681. The van der Waals surface area contributed by atoms with Gasteiger partial charge in [-0.1, -0.05) is 17.3 Å². The lowest BCUT2D eigenvalue weighted by Gasteiger charge is -2.22. The molecule has 1 amide bonds. The van der Waals surface area contributed by atoms with Gasteiger partial charge in [-0.05, 0) is 43.9 Å². The van der Waals surface area contributed by atoms with Crippen LogP contribution in [0, 0.1) is 0 Å². The highest BCUT2D eigenvalue weighted by molar-refractivity contribution is 5.99. The van der Waals surface area contributed by atoms with Crippen LogP contribution in [0.25, 0.3) is 0 Å². The van der Waals surface area contributed by atoms with Crippen molar-refractivity contribution in [3.63, 3.8) is 0 Å². The molecule has 0 unspecified atom stereocenters. The van der Waals surface area contributed by atoms with Gasteiger partial charge in [-0.25, -0.2) is 0 Å². The van der Waals surface area contributed by atoms with Crippen LogP contribution in [0.15, 0.2) is 29.4 Å². The third-order valence-electron chi connectivity index (χ3n) is 3.01. The maximum absolute atomic E-state index is 10.9. The van der Waals surface area contributed by atoms with Crippen LogP contribution in [0.4, 0.5) is 5.69 Å². The number of carbonyl (C=O) groups is 1. The Kier molecular flexibility index (Phi) is 3.97. The van der Waals surface area contributed by atoms with Gasteiger partial charge in [0.2, 0.25) is 5.91 Å². The molecular weight excluding hydrogens is 228 g/mol. The van der Waals surface area contributed by atoms with Crippen LogP contribution in [-0.2, 0) is 9.63 Å². The molecule has 96 valence electrons. The lowest BCUT2D eigenvalue weighted by atomic mass is 9.97. The quantitative estimate of drug-likeness (QED) is 0.656. The number of oxime groups is 1. The van der Waals surface area contributed by atoms with Gasteiger partial charge in [0.15, 0.2) is 0 Å². The maximum atomic E-state index is 10.9. The van der Waals surface area contributed by atoms with Gasteiger partial charge >= 0.3 is 0 Å². The normalized spacial score (nSPS) is 16.0. The maximum Gasteiger partial charge on any atom is 0.221 e. The van der Waals surface area contributed by atoms with Crippen molar-refractivity contribution in [3.05, 3.63) is 29.8 Å². The molecule has 0 aliphatic heterocycles. The van der Waals surface area contributed by atoms with Gasteiger partial charge < -0.3 is 10.2 Å². The number of benzene rings is 1. The van der Waals surface area contributed by atoms with Gasteiger partial charge in [-0.3, -0.25) is 4.79 Å². The molecule has 2 rings (SSSR count). The summed E-state index contributed by atoms with van der Waals surface area (Å²) in [5, 5.41) is 6.87. The highest BCUT2D eigenvalue weighted by atomic mass is 16.6. The molecule has 0 atom stereocenters. The standard InChI is InChI=1S/C14H18N2O2/c1-10(16-18-14-4-3-5-14)12-6-8-13(9-7-12)15-11(2)17/h6-9,14H,3-5H2,1-2H3,(H,15,17)/b16-10+. The van der Waals surface area contributed by atoms with E-state index in [0.29, 0.717) is 6.10 Å². The van der Waals surface area contributed by atoms with Gasteiger partial charge in [-0.15, -0.1) is 0 Å². The van der Waals surface area contributed by atoms with E-state index in [9.17, 15) is 4.79 Å². The average molecular weight is 246 g/mol. The highest BCUT2D eigenvalue weighted by Crippen LogP contribution is 2.22. The summed E-state index contributed by atoms with van der Waals surface area (Å²) in [6, 6.07) is 7.57. The second-order valence-corrected chi connectivity index (χ2v) is 4.59. The molecule has 1 aromatic rings. The molecule has 0 bridgehead atoms. The number of nitrogens with zero attached hydrogens (tertiary/aromatic N) is 1. The van der Waals surface area contributed by atoms with Crippen LogP contribution >= 0.6 is 0 Å². The van der Waals surface area contributed by atoms with E-state index < -0.39 is 0 Å².